The smallest absolute Gasteiger partial charge is 0.346 e. The summed E-state index contributed by atoms with van der Waals surface area (Å²) in [4.78, 5) is 0. The predicted molar refractivity (Wildman–Crippen MR) is 196 cm³/mol. The first kappa shape index (κ1) is 29.3. The lowest BCUT2D eigenvalue weighted by Crippen LogP contribution is -2.82. The van der Waals surface area contributed by atoms with Crippen molar-refractivity contribution in [2.45, 2.75) is 0 Å². The molecule has 0 aliphatic heterocycles. The van der Waals surface area contributed by atoms with E-state index >= 15 is 0 Å². The van der Waals surface area contributed by atoms with E-state index in [1.54, 1.807) is 0 Å². The van der Waals surface area contributed by atoms with Gasteiger partial charge in [-0.1, -0.05) is 182 Å². The first-order valence-corrected chi connectivity index (χ1v) is 19.4. The summed E-state index contributed by atoms with van der Waals surface area (Å²) in [6.07, 6.45) is 0. The van der Waals surface area contributed by atoms with E-state index in [4.69, 9.17) is 8.85 Å². The average Bonchev–Trinajstić information content (AvgIpc) is 3.15. The van der Waals surface area contributed by atoms with Gasteiger partial charge in [0.1, 0.15) is 11.5 Å². The van der Waals surface area contributed by atoms with E-state index in [9.17, 15) is 0 Å². The summed E-state index contributed by atoms with van der Waals surface area (Å²) >= 11 is 0. The maximum absolute atomic E-state index is 7.52. The Morgan fingerprint density at radius 3 is 0.717 bits per heavy atom. The monoisotopic (exact) mass is 626 g/mol. The van der Waals surface area contributed by atoms with Crippen molar-refractivity contribution < 1.29 is 8.85 Å². The van der Waals surface area contributed by atoms with Gasteiger partial charge < -0.3 is 8.85 Å². The first-order valence-electron chi connectivity index (χ1n) is 15.6. The summed E-state index contributed by atoms with van der Waals surface area (Å²) in [6.45, 7) is 0. The molecule has 2 nitrogen and oxygen atoms in total. The second-order valence-corrected chi connectivity index (χ2v) is 17.7. The highest BCUT2D eigenvalue weighted by Gasteiger charge is 2.52. The van der Waals surface area contributed by atoms with Crippen LogP contribution in [0.2, 0.25) is 0 Å². The molecule has 7 aromatic carbocycles. The fourth-order valence-corrected chi connectivity index (χ4v) is 15.3. The Kier molecular flexibility index (Phi) is 8.46. The van der Waals surface area contributed by atoms with E-state index in [0.717, 1.165) is 11.5 Å². The summed E-state index contributed by atoms with van der Waals surface area (Å²) in [5, 5.41) is 7.02. The molecule has 0 aliphatic rings. The molecule has 0 heterocycles. The molecule has 7 aromatic rings. The molecule has 222 valence electrons. The molecular weight excluding hydrogens is 593 g/mol. The van der Waals surface area contributed by atoms with Crippen LogP contribution in [0.5, 0.6) is 11.5 Å². The molecule has 0 spiro atoms. The number of benzene rings is 7. The minimum absolute atomic E-state index is 0.840. The van der Waals surface area contributed by atoms with Crippen LogP contribution in [0, 0.1) is 0 Å². The first-order chi connectivity index (χ1) is 22.8. The molecule has 0 aromatic heterocycles. The Bertz CT molecular complexity index is 1740. The fourth-order valence-electron chi connectivity index (χ4n) is 6.42. The van der Waals surface area contributed by atoms with Crippen LogP contribution < -0.4 is 40.0 Å². The SMILES string of the molecule is c1ccc(O[Si](c2ccccc2)(c2ccccc2)c2ccccc2[Si](Oc2ccccc2)(c2ccccc2)c2ccccc2)cc1. The van der Waals surface area contributed by atoms with Crippen LogP contribution in [-0.4, -0.2) is 16.6 Å². The van der Waals surface area contributed by atoms with Crippen LogP contribution in [0.15, 0.2) is 206 Å². The molecule has 0 fully saturated rings. The Morgan fingerprint density at radius 1 is 0.239 bits per heavy atom. The minimum atomic E-state index is -3.25. The van der Waals surface area contributed by atoms with Crippen molar-refractivity contribution in [2.75, 3.05) is 0 Å². The quantitative estimate of drug-likeness (QED) is 0.142. The minimum Gasteiger partial charge on any atom is -0.530 e. The maximum Gasteiger partial charge on any atom is 0.346 e. The standard InChI is InChI=1S/C42H34O2Si2/c1-7-21-35(22-8-1)43-45(37-25-11-3-12-26-37,38-27-13-4-14-28-38)41-33-19-20-34-42(41)46(39-29-15-5-16-30-39,40-31-17-6-18-32-40)44-36-23-9-2-10-24-36/h1-34H. The van der Waals surface area contributed by atoms with Crippen molar-refractivity contribution in [3.63, 3.8) is 0 Å². The Hall–Kier alpha value is -5.43. The molecule has 0 aliphatic carbocycles. The van der Waals surface area contributed by atoms with E-state index in [1.165, 1.54) is 31.1 Å². The van der Waals surface area contributed by atoms with Crippen molar-refractivity contribution in [1.82, 2.24) is 0 Å². The molecule has 0 atom stereocenters. The zero-order valence-electron chi connectivity index (χ0n) is 25.4. The van der Waals surface area contributed by atoms with E-state index in [0.29, 0.717) is 0 Å². The summed E-state index contributed by atoms with van der Waals surface area (Å²) in [5.41, 5.74) is 0. The van der Waals surface area contributed by atoms with Gasteiger partial charge in [-0.25, -0.2) is 0 Å². The van der Waals surface area contributed by atoms with Crippen LogP contribution in [0.4, 0.5) is 0 Å². The molecule has 0 radical (unpaired) electrons. The van der Waals surface area contributed by atoms with Gasteiger partial charge in [-0.05, 0) is 55.4 Å². The third-order valence-corrected chi connectivity index (χ3v) is 16.7. The fraction of sp³-hybridized carbons (Fsp3) is 0. The summed E-state index contributed by atoms with van der Waals surface area (Å²) in [7, 11) is -6.49. The highest BCUT2D eigenvalue weighted by atomic mass is 28.4. The highest BCUT2D eigenvalue weighted by Crippen LogP contribution is 2.21. The van der Waals surface area contributed by atoms with Crippen LogP contribution in [0.25, 0.3) is 0 Å². The molecule has 0 amide bonds. The summed E-state index contributed by atoms with van der Waals surface area (Å²) < 4.78 is 15.0. The van der Waals surface area contributed by atoms with Crippen molar-refractivity contribution in [3.05, 3.63) is 206 Å². The Labute approximate surface area is 273 Å². The molecular formula is C42H34O2Si2. The normalized spacial score (nSPS) is 11.5. The van der Waals surface area contributed by atoms with Crippen molar-refractivity contribution in [3.8, 4) is 11.5 Å². The Balaban J connectivity index is 1.62. The van der Waals surface area contributed by atoms with Gasteiger partial charge in [-0.2, -0.15) is 0 Å². The zero-order chi connectivity index (χ0) is 31.1. The van der Waals surface area contributed by atoms with Gasteiger partial charge in [0.2, 0.25) is 0 Å². The molecule has 4 heteroatoms. The van der Waals surface area contributed by atoms with E-state index in [2.05, 4.69) is 170 Å². The van der Waals surface area contributed by atoms with Gasteiger partial charge >= 0.3 is 16.6 Å². The third kappa shape index (κ3) is 5.49. The summed E-state index contributed by atoms with van der Waals surface area (Å²) in [5.74, 6) is 1.68. The molecule has 46 heavy (non-hydrogen) atoms. The second-order valence-electron chi connectivity index (χ2n) is 11.2. The second kappa shape index (κ2) is 13.3. The Morgan fingerprint density at radius 2 is 0.457 bits per heavy atom. The molecule has 0 bridgehead atoms. The zero-order valence-corrected chi connectivity index (χ0v) is 27.4. The third-order valence-electron chi connectivity index (χ3n) is 8.44. The lowest BCUT2D eigenvalue weighted by Gasteiger charge is -2.40. The van der Waals surface area contributed by atoms with E-state index < -0.39 is 16.6 Å². The number of para-hydroxylation sites is 2. The van der Waals surface area contributed by atoms with Gasteiger partial charge in [0, 0.05) is 0 Å². The summed E-state index contributed by atoms with van der Waals surface area (Å²) in [6, 6.07) is 72.5. The number of hydrogen-bond acceptors (Lipinski definition) is 2. The van der Waals surface area contributed by atoms with Crippen LogP contribution in [-0.2, 0) is 0 Å². The van der Waals surface area contributed by atoms with Gasteiger partial charge in [-0.15, -0.1) is 0 Å². The predicted octanol–water partition coefficient (Wildman–Crippen LogP) is 5.78. The van der Waals surface area contributed by atoms with Crippen molar-refractivity contribution in [1.29, 1.82) is 0 Å². The van der Waals surface area contributed by atoms with E-state index in [-0.39, 0.29) is 0 Å². The number of rotatable bonds is 10. The largest absolute Gasteiger partial charge is 0.530 e. The molecule has 0 N–H and O–H groups in total. The van der Waals surface area contributed by atoms with Crippen molar-refractivity contribution in [2.24, 2.45) is 0 Å². The van der Waals surface area contributed by atoms with Gasteiger partial charge in [0.05, 0.1) is 0 Å². The maximum atomic E-state index is 7.52. The van der Waals surface area contributed by atoms with E-state index in [1.807, 2.05) is 36.4 Å². The molecule has 7 rings (SSSR count). The molecule has 0 saturated heterocycles. The van der Waals surface area contributed by atoms with Gasteiger partial charge in [0.15, 0.2) is 0 Å². The molecule has 0 saturated carbocycles. The lowest BCUT2D eigenvalue weighted by atomic mass is 10.3. The van der Waals surface area contributed by atoms with Crippen LogP contribution in [0.3, 0.4) is 0 Å². The average molecular weight is 627 g/mol. The van der Waals surface area contributed by atoms with Gasteiger partial charge in [0.25, 0.3) is 0 Å². The number of hydrogen-bond donors (Lipinski definition) is 0. The van der Waals surface area contributed by atoms with Crippen LogP contribution >= 0.6 is 0 Å². The van der Waals surface area contributed by atoms with Crippen LogP contribution in [0.1, 0.15) is 0 Å². The molecule has 0 unspecified atom stereocenters. The lowest BCUT2D eigenvalue weighted by molar-refractivity contribution is 0.573. The topological polar surface area (TPSA) is 18.5 Å². The van der Waals surface area contributed by atoms with Crippen molar-refractivity contribution >= 4 is 47.8 Å². The van der Waals surface area contributed by atoms with Gasteiger partial charge in [-0.3, -0.25) is 0 Å². The highest BCUT2D eigenvalue weighted by molar-refractivity contribution is 7.15.